The average molecular weight is 241 g/mol. The highest BCUT2D eigenvalue weighted by Gasteiger charge is 2.25. The van der Waals surface area contributed by atoms with E-state index in [1.54, 1.807) is 0 Å². The lowest BCUT2D eigenvalue weighted by Crippen LogP contribution is -2.31. The van der Waals surface area contributed by atoms with E-state index in [1.165, 1.54) is 25.7 Å². The molecule has 0 aliphatic carbocycles. The Kier molecular flexibility index (Phi) is 6.50. The van der Waals surface area contributed by atoms with Gasteiger partial charge in [-0.15, -0.1) is 0 Å². The van der Waals surface area contributed by atoms with Gasteiger partial charge in [-0.2, -0.15) is 0 Å². The molecule has 0 radical (unpaired) electrons. The van der Waals surface area contributed by atoms with Gasteiger partial charge in [0, 0.05) is 6.04 Å². The summed E-state index contributed by atoms with van der Waals surface area (Å²) in [5.74, 6) is 1.56. The second kappa shape index (κ2) is 7.38. The minimum Gasteiger partial charge on any atom is -0.375 e. The van der Waals surface area contributed by atoms with Crippen LogP contribution in [0.3, 0.4) is 0 Å². The van der Waals surface area contributed by atoms with Crippen LogP contribution < -0.4 is 5.32 Å². The van der Waals surface area contributed by atoms with Crippen LogP contribution in [0.2, 0.25) is 0 Å². The van der Waals surface area contributed by atoms with Gasteiger partial charge < -0.3 is 10.1 Å². The number of ether oxygens (including phenoxy) is 1. The van der Waals surface area contributed by atoms with Gasteiger partial charge in [0.1, 0.15) is 0 Å². The second-order valence-electron chi connectivity index (χ2n) is 6.44. The molecule has 0 aromatic carbocycles. The molecule has 102 valence electrons. The Bertz CT molecular complexity index is 203. The van der Waals surface area contributed by atoms with E-state index < -0.39 is 0 Å². The molecule has 3 unspecified atom stereocenters. The zero-order valence-electron chi connectivity index (χ0n) is 12.3. The van der Waals surface area contributed by atoms with Crippen molar-refractivity contribution in [2.75, 3.05) is 6.54 Å². The fraction of sp³-hybridized carbons (Fsp3) is 1.00. The van der Waals surface area contributed by atoms with Crippen LogP contribution in [0.5, 0.6) is 0 Å². The Morgan fingerprint density at radius 1 is 1.18 bits per heavy atom. The second-order valence-corrected chi connectivity index (χ2v) is 6.44. The maximum absolute atomic E-state index is 5.95. The molecule has 1 aliphatic heterocycles. The van der Waals surface area contributed by atoms with Crippen LogP contribution in [0.4, 0.5) is 0 Å². The predicted octanol–water partition coefficient (Wildman–Crippen LogP) is 3.60. The molecule has 2 nitrogen and oxygen atoms in total. The zero-order chi connectivity index (χ0) is 12.8. The quantitative estimate of drug-likeness (QED) is 0.735. The van der Waals surface area contributed by atoms with Crippen LogP contribution in [-0.4, -0.2) is 24.8 Å². The zero-order valence-corrected chi connectivity index (χ0v) is 12.3. The van der Waals surface area contributed by atoms with Gasteiger partial charge in [-0.05, 0) is 51.0 Å². The summed E-state index contributed by atoms with van der Waals surface area (Å²) in [5, 5.41) is 3.58. The van der Waals surface area contributed by atoms with Crippen molar-refractivity contribution in [3.8, 4) is 0 Å². The predicted molar refractivity (Wildman–Crippen MR) is 74.3 cm³/mol. The van der Waals surface area contributed by atoms with Crippen molar-refractivity contribution in [1.82, 2.24) is 5.32 Å². The SMILES string of the molecule is CC(C)CC(CNC(C)C)CC1CCC(C)O1. The average Bonchev–Trinajstić information content (AvgIpc) is 2.59. The Morgan fingerprint density at radius 2 is 1.88 bits per heavy atom. The molecule has 0 aromatic rings. The monoisotopic (exact) mass is 241 g/mol. The van der Waals surface area contributed by atoms with Crippen molar-refractivity contribution < 1.29 is 4.74 Å². The smallest absolute Gasteiger partial charge is 0.0582 e. The van der Waals surface area contributed by atoms with E-state index in [-0.39, 0.29) is 0 Å². The number of hydrogen-bond acceptors (Lipinski definition) is 2. The highest BCUT2D eigenvalue weighted by Crippen LogP contribution is 2.27. The first-order valence-corrected chi connectivity index (χ1v) is 7.36. The van der Waals surface area contributed by atoms with E-state index in [1.807, 2.05) is 0 Å². The van der Waals surface area contributed by atoms with Gasteiger partial charge in [-0.25, -0.2) is 0 Å². The first-order chi connectivity index (χ1) is 7.97. The van der Waals surface area contributed by atoms with Gasteiger partial charge in [0.2, 0.25) is 0 Å². The minimum atomic E-state index is 0.484. The summed E-state index contributed by atoms with van der Waals surface area (Å²) >= 11 is 0. The highest BCUT2D eigenvalue weighted by molar-refractivity contribution is 4.76. The van der Waals surface area contributed by atoms with Gasteiger partial charge in [-0.3, -0.25) is 0 Å². The van der Waals surface area contributed by atoms with E-state index in [0.29, 0.717) is 18.2 Å². The normalized spacial score (nSPS) is 27.0. The summed E-state index contributed by atoms with van der Waals surface area (Å²) in [7, 11) is 0. The van der Waals surface area contributed by atoms with Crippen molar-refractivity contribution in [2.24, 2.45) is 11.8 Å². The molecule has 1 rings (SSSR count). The van der Waals surface area contributed by atoms with Crippen LogP contribution >= 0.6 is 0 Å². The van der Waals surface area contributed by atoms with E-state index in [0.717, 1.165) is 18.4 Å². The highest BCUT2D eigenvalue weighted by atomic mass is 16.5. The molecule has 2 heteroatoms. The van der Waals surface area contributed by atoms with Crippen LogP contribution in [0.1, 0.15) is 60.3 Å². The molecule has 1 saturated heterocycles. The van der Waals surface area contributed by atoms with Gasteiger partial charge in [0.15, 0.2) is 0 Å². The summed E-state index contributed by atoms with van der Waals surface area (Å²) in [5.41, 5.74) is 0. The number of nitrogens with one attached hydrogen (secondary N) is 1. The van der Waals surface area contributed by atoms with E-state index >= 15 is 0 Å². The molecular formula is C15H31NO. The molecule has 0 amide bonds. The fourth-order valence-electron chi connectivity index (χ4n) is 2.76. The molecule has 3 atom stereocenters. The summed E-state index contributed by atoms with van der Waals surface area (Å²) in [4.78, 5) is 0. The molecule has 17 heavy (non-hydrogen) atoms. The van der Waals surface area contributed by atoms with Gasteiger partial charge in [0.05, 0.1) is 12.2 Å². The van der Waals surface area contributed by atoms with E-state index in [9.17, 15) is 0 Å². The third-order valence-electron chi connectivity index (χ3n) is 3.54. The first kappa shape index (κ1) is 15.0. The van der Waals surface area contributed by atoms with Crippen molar-refractivity contribution in [1.29, 1.82) is 0 Å². The number of hydrogen-bond donors (Lipinski definition) is 1. The molecular weight excluding hydrogens is 210 g/mol. The standard InChI is InChI=1S/C15H31NO/c1-11(2)8-14(10-16-12(3)4)9-15-7-6-13(5)17-15/h11-16H,6-10H2,1-5H3. The third kappa shape index (κ3) is 6.42. The minimum absolute atomic E-state index is 0.484. The maximum Gasteiger partial charge on any atom is 0.0582 e. The fourth-order valence-corrected chi connectivity index (χ4v) is 2.76. The van der Waals surface area contributed by atoms with E-state index in [4.69, 9.17) is 4.74 Å². The maximum atomic E-state index is 5.95. The van der Waals surface area contributed by atoms with Crippen LogP contribution in [0.25, 0.3) is 0 Å². The summed E-state index contributed by atoms with van der Waals surface area (Å²) < 4.78 is 5.95. The van der Waals surface area contributed by atoms with Crippen LogP contribution in [-0.2, 0) is 4.74 Å². The van der Waals surface area contributed by atoms with Crippen molar-refractivity contribution in [3.63, 3.8) is 0 Å². The third-order valence-corrected chi connectivity index (χ3v) is 3.54. The Labute approximate surface area is 108 Å². The Balaban J connectivity index is 2.34. The Hall–Kier alpha value is -0.0800. The first-order valence-electron chi connectivity index (χ1n) is 7.36. The lowest BCUT2D eigenvalue weighted by atomic mass is 9.91. The van der Waals surface area contributed by atoms with Gasteiger partial charge >= 0.3 is 0 Å². The largest absolute Gasteiger partial charge is 0.375 e. The molecule has 1 N–H and O–H groups in total. The van der Waals surface area contributed by atoms with Crippen molar-refractivity contribution >= 4 is 0 Å². The molecule has 1 heterocycles. The summed E-state index contributed by atoms with van der Waals surface area (Å²) in [6.07, 6.45) is 6.06. The topological polar surface area (TPSA) is 21.3 Å². The summed E-state index contributed by atoms with van der Waals surface area (Å²) in [6, 6.07) is 0.591. The number of rotatable bonds is 7. The van der Waals surface area contributed by atoms with Gasteiger partial charge in [-0.1, -0.05) is 27.7 Å². The lowest BCUT2D eigenvalue weighted by Gasteiger charge is -2.24. The van der Waals surface area contributed by atoms with Crippen LogP contribution in [0.15, 0.2) is 0 Å². The molecule has 0 spiro atoms. The van der Waals surface area contributed by atoms with E-state index in [2.05, 4.69) is 39.9 Å². The molecule has 0 saturated carbocycles. The molecule has 0 bridgehead atoms. The molecule has 1 fully saturated rings. The summed E-state index contributed by atoms with van der Waals surface area (Å²) in [6.45, 7) is 12.4. The van der Waals surface area contributed by atoms with Crippen molar-refractivity contribution in [2.45, 2.75) is 78.6 Å². The molecule has 1 aliphatic rings. The lowest BCUT2D eigenvalue weighted by molar-refractivity contribution is 0.0386. The van der Waals surface area contributed by atoms with Gasteiger partial charge in [0.25, 0.3) is 0 Å². The van der Waals surface area contributed by atoms with Crippen molar-refractivity contribution in [3.05, 3.63) is 0 Å². The Morgan fingerprint density at radius 3 is 2.35 bits per heavy atom. The van der Waals surface area contributed by atoms with Crippen LogP contribution in [0, 0.1) is 11.8 Å². The molecule has 0 aromatic heterocycles.